The molecule has 2 nitrogen and oxygen atoms in total. The van der Waals surface area contributed by atoms with Crippen LogP contribution in [0.25, 0.3) is 0 Å². The van der Waals surface area contributed by atoms with Crippen LogP contribution in [0.2, 0.25) is 0 Å². The van der Waals surface area contributed by atoms with E-state index in [2.05, 4.69) is 12.6 Å². The third kappa shape index (κ3) is 3.90. The van der Waals surface area contributed by atoms with Crippen molar-refractivity contribution >= 4 is 12.6 Å². The summed E-state index contributed by atoms with van der Waals surface area (Å²) in [5, 5.41) is 8.63. The van der Waals surface area contributed by atoms with Crippen LogP contribution in [0.5, 0.6) is 5.75 Å². The van der Waals surface area contributed by atoms with E-state index in [1.54, 1.807) is 7.11 Å². The number of halogens is 2. The van der Waals surface area contributed by atoms with E-state index >= 15 is 0 Å². The highest BCUT2D eigenvalue weighted by Crippen LogP contribution is 2.48. The van der Waals surface area contributed by atoms with E-state index in [4.69, 9.17) is 10.00 Å². The Labute approximate surface area is 105 Å². The van der Waals surface area contributed by atoms with Gasteiger partial charge in [0.1, 0.15) is 11.2 Å². The van der Waals surface area contributed by atoms with Crippen molar-refractivity contribution in [2.24, 2.45) is 0 Å². The van der Waals surface area contributed by atoms with Gasteiger partial charge in [0.25, 0.3) is 0 Å². The molecule has 0 atom stereocenters. The Morgan fingerprint density at radius 1 is 1.35 bits per heavy atom. The largest absolute Gasteiger partial charge is 0.497 e. The lowest BCUT2D eigenvalue weighted by atomic mass is 9.77. The molecule has 0 unspecified atom stereocenters. The summed E-state index contributed by atoms with van der Waals surface area (Å²) in [4.78, 5) is 0. The predicted octanol–water partition coefficient (Wildman–Crippen LogP) is 3.61. The third-order valence-electron chi connectivity index (χ3n) is 2.68. The lowest BCUT2D eigenvalue weighted by Gasteiger charge is -2.35. The van der Waals surface area contributed by atoms with Gasteiger partial charge in [-0.1, -0.05) is 24.8 Å². The number of benzene rings is 1. The van der Waals surface area contributed by atoms with Crippen molar-refractivity contribution in [1.29, 1.82) is 5.26 Å². The second-order valence-corrected chi connectivity index (χ2v) is 4.03. The highest BCUT2D eigenvalue weighted by Gasteiger charge is 2.45. The standard InChI is InChI=1S/C11H12F2O.CHNS/c1-14-10-4-2-8(3-5-10)9-6-11(12,13)7-9;2-1-3/h2-5,9H,6-7H2,1H3;3H. The van der Waals surface area contributed by atoms with E-state index in [0.29, 0.717) is 0 Å². The van der Waals surface area contributed by atoms with Crippen LogP contribution in [0.15, 0.2) is 24.3 Å². The summed E-state index contributed by atoms with van der Waals surface area (Å²) in [7, 11) is 1.59. The molecule has 1 aliphatic rings. The van der Waals surface area contributed by atoms with Crippen LogP contribution < -0.4 is 4.74 Å². The maximum Gasteiger partial charge on any atom is 0.249 e. The smallest absolute Gasteiger partial charge is 0.249 e. The van der Waals surface area contributed by atoms with Gasteiger partial charge in [0.15, 0.2) is 0 Å². The molecular formula is C12H13F2NOS. The third-order valence-corrected chi connectivity index (χ3v) is 2.68. The maximum atomic E-state index is 12.6. The first-order valence-electron chi connectivity index (χ1n) is 5.07. The monoisotopic (exact) mass is 257 g/mol. The molecule has 1 fully saturated rings. The number of nitrogens with zero attached hydrogens (tertiary/aromatic N) is 1. The fourth-order valence-corrected chi connectivity index (χ4v) is 1.77. The molecule has 0 N–H and O–H groups in total. The molecule has 17 heavy (non-hydrogen) atoms. The molecule has 1 aromatic rings. The number of nitriles is 1. The van der Waals surface area contributed by atoms with Gasteiger partial charge in [-0.05, 0) is 23.6 Å². The van der Waals surface area contributed by atoms with Crippen molar-refractivity contribution in [1.82, 2.24) is 0 Å². The molecule has 5 heteroatoms. The maximum absolute atomic E-state index is 12.6. The molecule has 92 valence electrons. The van der Waals surface area contributed by atoms with E-state index in [1.807, 2.05) is 24.3 Å². The molecule has 0 saturated heterocycles. The number of ether oxygens (including phenoxy) is 1. The average Bonchev–Trinajstić information content (AvgIpc) is 2.27. The second kappa shape index (κ2) is 5.87. The van der Waals surface area contributed by atoms with Gasteiger partial charge >= 0.3 is 0 Å². The number of thiocyanates is 1. The Hall–Kier alpha value is -1.28. The minimum absolute atomic E-state index is 0.0146. The molecule has 0 amide bonds. The first-order chi connectivity index (χ1) is 8.02. The van der Waals surface area contributed by atoms with Crippen molar-refractivity contribution < 1.29 is 13.5 Å². The fraction of sp³-hybridized carbons (Fsp3) is 0.417. The summed E-state index contributed by atoms with van der Waals surface area (Å²) in [5.74, 6) is -1.65. The summed E-state index contributed by atoms with van der Waals surface area (Å²) < 4.78 is 30.2. The van der Waals surface area contributed by atoms with Crippen molar-refractivity contribution in [2.45, 2.75) is 24.7 Å². The minimum Gasteiger partial charge on any atom is -0.497 e. The van der Waals surface area contributed by atoms with Gasteiger partial charge in [-0.25, -0.2) is 8.78 Å². The summed E-state index contributed by atoms with van der Waals surface area (Å²) in [5.41, 5.74) is 0.983. The molecule has 0 radical (unpaired) electrons. The molecule has 1 saturated carbocycles. The van der Waals surface area contributed by atoms with Crippen molar-refractivity contribution in [3.63, 3.8) is 0 Å². The number of hydrogen-bond acceptors (Lipinski definition) is 3. The summed E-state index contributed by atoms with van der Waals surface area (Å²) in [6.07, 6.45) is -0.0291. The van der Waals surface area contributed by atoms with Gasteiger partial charge in [0.05, 0.1) is 7.11 Å². The SMILES string of the molecule is COc1ccc(C2CC(F)(F)C2)cc1.N#CS. The highest BCUT2D eigenvalue weighted by atomic mass is 32.1. The summed E-state index contributed by atoms with van der Waals surface area (Å²) >= 11 is 3.09. The van der Waals surface area contributed by atoms with Crippen molar-refractivity contribution in [2.75, 3.05) is 7.11 Å². The van der Waals surface area contributed by atoms with Gasteiger partial charge in [-0.3, -0.25) is 0 Å². The molecule has 0 bridgehead atoms. The lowest BCUT2D eigenvalue weighted by Crippen LogP contribution is -2.33. The Morgan fingerprint density at radius 3 is 2.18 bits per heavy atom. The molecule has 0 heterocycles. The second-order valence-electron chi connectivity index (χ2n) is 3.83. The summed E-state index contributed by atoms with van der Waals surface area (Å²) in [6.45, 7) is 0. The molecule has 0 aliphatic heterocycles. The van der Waals surface area contributed by atoms with Gasteiger partial charge in [-0.2, -0.15) is 5.26 Å². The van der Waals surface area contributed by atoms with Crippen molar-refractivity contribution in [3.05, 3.63) is 29.8 Å². The van der Waals surface area contributed by atoms with Crippen molar-refractivity contribution in [3.8, 4) is 11.2 Å². The van der Waals surface area contributed by atoms with Crippen LogP contribution in [0.4, 0.5) is 8.78 Å². The molecule has 1 aliphatic carbocycles. The zero-order valence-electron chi connectivity index (χ0n) is 9.36. The van der Waals surface area contributed by atoms with Gasteiger partial charge in [0.2, 0.25) is 5.92 Å². The zero-order chi connectivity index (χ0) is 12.9. The zero-order valence-corrected chi connectivity index (χ0v) is 10.3. The van der Waals surface area contributed by atoms with E-state index in [-0.39, 0.29) is 18.8 Å². The van der Waals surface area contributed by atoms with Crippen LogP contribution in [0.3, 0.4) is 0 Å². The van der Waals surface area contributed by atoms with Crippen LogP contribution in [-0.2, 0) is 0 Å². The molecule has 2 rings (SSSR count). The number of rotatable bonds is 2. The minimum atomic E-state index is -2.44. The van der Waals surface area contributed by atoms with Crippen LogP contribution in [-0.4, -0.2) is 13.0 Å². The highest BCUT2D eigenvalue weighted by molar-refractivity contribution is 7.85. The molecule has 0 aromatic heterocycles. The van der Waals surface area contributed by atoms with Crippen LogP contribution in [0, 0.1) is 10.7 Å². The number of thiol groups is 1. The summed E-state index contributed by atoms with van der Waals surface area (Å²) in [6, 6.07) is 7.34. The average molecular weight is 257 g/mol. The first kappa shape index (κ1) is 13.8. The van der Waals surface area contributed by atoms with Gasteiger partial charge in [0, 0.05) is 12.8 Å². The molecule has 0 spiro atoms. The Morgan fingerprint density at radius 2 is 1.82 bits per heavy atom. The normalized spacial score (nSPS) is 17.1. The van der Waals surface area contributed by atoms with E-state index in [9.17, 15) is 8.78 Å². The Kier molecular flexibility index (Phi) is 4.76. The quantitative estimate of drug-likeness (QED) is 0.648. The van der Waals surface area contributed by atoms with E-state index in [1.165, 1.54) is 5.40 Å². The van der Waals surface area contributed by atoms with Crippen LogP contribution >= 0.6 is 12.6 Å². The molecular weight excluding hydrogens is 244 g/mol. The first-order valence-corrected chi connectivity index (χ1v) is 5.52. The van der Waals surface area contributed by atoms with E-state index < -0.39 is 5.92 Å². The topological polar surface area (TPSA) is 33.0 Å². The molecule has 1 aromatic carbocycles. The van der Waals surface area contributed by atoms with Gasteiger partial charge in [-0.15, -0.1) is 0 Å². The number of alkyl halides is 2. The van der Waals surface area contributed by atoms with E-state index in [0.717, 1.165) is 11.3 Å². The number of methoxy groups -OCH3 is 1. The predicted molar refractivity (Wildman–Crippen MR) is 64.5 cm³/mol. The Balaban J connectivity index is 0.000000437. The van der Waals surface area contributed by atoms with Crippen LogP contribution in [0.1, 0.15) is 24.3 Å². The lowest BCUT2D eigenvalue weighted by molar-refractivity contribution is -0.0867. The fourth-order valence-electron chi connectivity index (χ4n) is 1.77. The Bertz CT molecular complexity index is 392. The van der Waals surface area contributed by atoms with Gasteiger partial charge < -0.3 is 4.74 Å². The number of hydrogen-bond donors (Lipinski definition) is 1.